The molecule has 4 heteroatoms. The monoisotopic (exact) mass is 222 g/mol. The molecule has 0 aromatic heterocycles. The number of hydrogen-bond acceptors (Lipinski definition) is 3. The van der Waals surface area contributed by atoms with Crippen molar-refractivity contribution >= 4 is 11.8 Å². The minimum Gasteiger partial charge on any atom is -0.496 e. The van der Waals surface area contributed by atoms with Crippen LogP contribution in [0, 0.1) is 5.92 Å². The highest BCUT2D eigenvalue weighted by Gasteiger charge is 2.16. The summed E-state index contributed by atoms with van der Waals surface area (Å²) in [5.74, 6) is -1.08. The van der Waals surface area contributed by atoms with Crippen LogP contribution in [0.25, 0.3) is 0 Å². The van der Waals surface area contributed by atoms with Crippen molar-refractivity contribution in [3.63, 3.8) is 0 Å². The van der Waals surface area contributed by atoms with Crippen LogP contribution < -0.4 is 4.74 Å². The second-order valence-electron chi connectivity index (χ2n) is 3.74. The van der Waals surface area contributed by atoms with E-state index in [1.807, 2.05) is 0 Å². The van der Waals surface area contributed by atoms with Crippen molar-refractivity contribution in [1.29, 1.82) is 0 Å². The van der Waals surface area contributed by atoms with Gasteiger partial charge < -0.3 is 9.84 Å². The first-order chi connectivity index (χ1) is 7.47. The van der Waals surface area contributed by atoms with Crippen molar-refractivity contribution in [2.75, 3.05) is 7.11 Å². The second-order valence-corrected chi connectivity index (χ2v) is 3.74. The lowest BCUT2D eigenvalue weighted by atomic mass is 9.99. The van der Waals surface area contributed by atoms with Gasteiger partial charge in [-0.25, -0.2) is 4.79 Å². The number of ketones is 1. The Kier molecular flexibility index (Phi) is 3.66. The van der Waals surface area contributed by atoms with Gasteiger partial charge in [0, 0.05) is 11.5 Å². The predicted octanol–water partition coefficient (Wildman–Crippen LogP) is 2.23. The largest absolute Gasteiger partial charge is 0.496 e. The third-order valence-electron chi connectivity index (χ3n) is 2.24. The van der Waals surface area contributed by atoms with Gasteiger partial charge in [-0.2, -0.15) is 0 Å². The minimum absolute atomic E-state index is 0.00833. The summed E-state index contributed by atoms with van der Waals surface area (Å²) < 4.78 is 4.91. The van der Waals surface area contributed by atoms with E-state index in [4.69, 9.17) is 9.84 Å². The van der Waals surface area contributed by atoms with Crippen LogP contribution in [0.3, 0.4) is 0 Å². The molecule has 0 aliphatic carbocycles. The summed E-state index contributed by atoms with van der Waals surface area (Å²) in [6, 6.07) is 4.43. The number of carbonyl (C=O) groups is 2. The van der Waals surface area contributed by atoms with Crippen molar-refractivity contribution in [3.8, 4) is 5.75 Å². The number of rotatable bonds is 4. The van der Waals surface area contributed by atoms with Gasteiger partial charge in [0.2, 0.25) is 0 Å². The summed E-state index contributed by atoms with van der Waals surface area (Å²) in [6.07, 6.45) is 0. The molecule has 1 aromatic carbocycles. The third kappa shape index (κ3) is 2.39. The summed E-state index contributed by atoms with van der Waals surface area (Å²) in [7, 11) is 1.39. The number of ether oxygens (including phenoxy) is 1. The van der Waals surface area contributed by atoms with Gasteiger partial charge in [0.05, 0.1) is 7.11 Å². The molecule has 0 unspecified atom stereocenters. The van der Waals surface area contributed by atoms with Crippen molar-refractivity contribution in [2.24, 2.45) is 5.92 Å². The van der Waals surface area contributed by atoms with E-state index in [0.29, 0.717) is 5.56 Å². The standard InChI is InChI=1S/C12H14O4/c1-7(2)11(13)8-4-5-10(16-3)9(6-8)12(14)15/h4-7H,1-3H3,(H,14,15). The quantitative estimate of drug-likeness (QED) is 0.793. The Morgan fingerprint density at radius 2 is 1.94 bits per heavy atom. The minimum atomic E-state index is -1.10. The molecule has 0 fully saturated rings. The summed E-state index contributed by atoms with van der Waals surface area (Å²) in [4.78, 5) is 22.6. The molecule has 1 rings (SSSR count). The second kappa shape index (κ2) is 4.79. The Hall–Kier alpha value is -1.84. The first kappa shape index (κ1) is 12.2. The van der Waals surface area contributed by atoms with Crippen LogP contribution in [0.15, 0.2) is 18.2 Å². The highest BCUT2D eigenvalue weighted by atomic mass is 16.5. The predicted molar refractivity (Wildman–Crippen MR) is 59.1 cm³/mol. The third-order valence-corrected chi connectivity index (χ3v) is 2.24. The molecular weight excluding hydrogens is 208 g/mol. The molecule has 0 aliphatic rings. The number of aromatic carboxylic acids is 1. The molecule has 0 heterocycles. The molecule has 0 aliphatic heterocycles. The molecule has 0 atom stereocenters. The van der Waals surface area contributed by atoms with Crippen molar-refractivity contribution in [3.05, 3.63) is 29.3 Å². The van der Waals surface area contributed by atoms with Gasteiger partial charge in [-0.05, 0) is 18.2 Å². The van der Waals surface area contributed by atoms with E-state index in [-0.39, 0.29) is 23.0 Å². The smallest absolute Gasteiger partial charge is 0.339 e. The normalized spacial score (nSPS) is 10.2. The number of hydrogen-bond donors (Lipinski definition) is 1. The Balaban J connectivity index is 3.22. The molecule has 16 heavy (non-hydrogen) atoms. The zero-order chi connectivity index (χ0) is 12.3. The Morgan fingerprint density at radius 3 is 2.38 bits per heavy atom. The van der Waals surface area contributed by atoms with Crippen LogP contribution in [0.5, 0.6) is 5.75 Å². The van der Waals surface area contributed by atoms with Gasteiger partial charge in [0.15, 0.2) is 5.78 Å². The van der Waals surface area contributed by atoms with Gasteiger partial charge >= 0.3 is 5.97 Å². The zero-order valence-electron chi connectivity index (χ0n) is 9.48. The van der Waals surface area contributed by atoms with E-state index < -0.39 is 5.97 Å². The highest BCUT2D eigenvalue weighted by Crippen LogP contribution is 2.21. The van der Waals surface area contributed by atoms with Gasteiger partial charge in [0.25, 0.3) is 0 Å². The molecule has 0 saturated heterocycles. The average Bonchev–Trinajstić information content (AvgIpc) is 2.26. The SMILES string of the molecule is COc1ccc(C(=O)C(C)C)cc1C(=O)O. The van der Waals surface area contributed by atoms with E-state index in [2.05, 4.69) is 0 Å². The number of carbonyl (C=O) groups excluding carboxylic acids is 1. The molecule has 0 amide bonds. The van der Waals surface area contributed by atoms with Crippen LogP contribution in [0.4, 0.5) is 0 Å². The van der Waals surface area contributed by atoms with Gasteiger partial charge in [-0.3, -0.25) is 4.79 Å². The fourth-order valence-corrected chi connectivity index (χ4v) is 1.36. The summed E-state index contributed by atoms with van der Waals surface area (Å²) in [5.41, 5.74) is 0.405. The number of methoxy groups -OCH3 is 1. The molecular formula is C12H14O4. The lowest BCUT2D eigenvalue weighted by molar-refractivity contribution is 0.0693. The fraction of sp³-hybridized carbons (Fsp3) is 0.333. The van der Waals surface area contributed by atoms with Crippen LogP contribution in [0.1, 0.15) is 34.6 Å². The van der Waals surface area contributed by atoms with Gasteiger partial charge in [-0.15, -0.1) is 0 Å². The molecule has 1 N–H and O–H groups in total. The fourth-order valence-electron chi connectivity index (χ4n) is 1.36. The maximum atomic E-state index is 11.7. The molecule has 86 valence electrons. The van der Waals surface area contributed by atoms with Gasteiger partial charge in [-0.1, -0.05) is 13.8 Å². The maximum Gasteiger partial charge on any atom is 0.339 e. The lowest BCUT2D eigenvalue weighted by Gasteiger charge is -2.08. The summed E-state index contributed by atoms with van der Waals surface area (Å²) >= 11 is 0. The number of benzene rings is 1. The van der Waals surface area contributed by atoms with Crippen LogP contribution in [-0.4, -0.2) is 24.0 Å². The van der Waals surface area contributed by atoms with Crippen molar-refractivity contribution < 1.29 is 19.4 Å². The molecule has 0 bridgehead atoms. The van der Waals surface area contributed by atoms with Crippen LogP contribution >= 0.6 is 0 Å². The lowest BCUT2D eigenvalue weighted by Crippen LogP contribution is -2.09. The van der Waals surface area contributed by atoms with Gasteiger partial charge in [0.1, 0.15) is 11.3 Å². The van der Waals surface area contributed by atoms with Crippen molar-refractivity contribution in [2.45, 2.75) is 13.8 Å². The number of carboxylic acids is 1. The maximum absolute atomic E-state index is 11.7. The van der Waals surface area contributed by atoms with E-state index in [1.165, 1.54) is 19.2 Å². The Labute approximate surface area is 93.9 Å². The molecule has 0 radical (unpaired) electrons. The van der Waals surface area contributed by atoms with E-state index in [1.54, 1.807) is 19.9 Å². The number of Topliss-reactive ketones (excluding diaryl/α,β-unsaturated/α-hetero) is 1. The zero-order valence-corrected chi connectivity index (χ0v) is 9.48. The average molecular weight is 222 g/mol. The van der Waals surface area contributed by atoms with E-state index >= 15 is 0 Å². The Morgan fingerprint density at radius 1 is 1.31 bits per heavy atom. The number of carboxylic acid groups (broad SMARTS) is 1. The van der Waals surface area contributed by atoms with Crippen LogP contribution in [0.2, 0.25) is 0 Å². The van der Waals surface area contributed by atoms with Crippen LogP contribution in [-0.2, 0) is 0 Å². The van der Waals surface area contributed by atoms with Crippen molar-refractivity contribution in [1.82, 2.24) is 0 Å². The molecule has 4 nitrogen and oxygen atoms in total. The summed E-state index contributed by atoms with van der Waals surface area (Å²) in [5, 5.41) is 8.95. The van der Waals surface area contributed by atoms with E-state index in [0.717, 1.165) is 0 Å². The van der Waals surface area contributed by atoms with E-state index in [9.17, 15) is 9.59 Å². The molecule has 0 spiro atoms. The summed E-state index contributed by atoms with van der Waals surface area (Å²) in [6.45, 7) is 3.54. The Bertz CT molecular complexity index is 421. The topological polar surface area (TPSA) is 63.6 Å². The highest BCUT2D eigenvalue weighted by molar-refractivity contribution is 6.00. The molecule has 0 saturated carbocycles. The molecule has 1 aromatic rings. The first-order valence-electron chi connectivity index (χ1n) is 4.93. The first-order valence-corrected chi connectivity index (χ1v) is 4.93.